The van der Waals surface area contributed by atoms with Crippen molar-refractivity contribution in [2.24, 2.45) is 0 Å². The van der Waals surface area contributed by atoms with Crippen LogP contribution in [0.4, 0.5) is 0 Å². The van der Waals surface area contributed by atoms with Gasteiger partial charge in [0, 0.05) is 18.0 Å². The summed E-state index contributed by atoms with van der Waals surface area (Å²) < 4.78 is 7.10. The van der Waals surface area contributed by atoms with Gasteiger partial charge in [0.2, 0.25) is 5.91 Å². The van der Waals surface area contributed by atoms with Gasteiger partial charge in [-0.1, -0.05) is 35.0 Å². The molecule has 1 atom stereocenters. The van der Waals surface area contributed by atoms with Gasteiger partial charge in [-0.2, -0.15) is 0 Å². The molecule has 0 unspecified atom stereocenters. The van der Waals surface area contributed by atoms with Gasteiger partial charge in [-0.25, -0.2) is 0 Å². The Bertz CT molecular complexity index is 1180. The first-order valence-electron chi connectivity index (χ1n) is 9.31. The molecule has 0 saturated carbocycles. The zero-order valence-electron chi connectivity index (χ0n) is 16.3. The van der Waals surface area contributed by atoms with Crippen LogP contribution >= 0.6 is 35.0 Å². The predicted molar refractivity (Wildman–Crippen MR) is 120 cm³/mol. The lowest BCUT2D eigenvalue weighted by molar-refractivity contribution is -0.120. The van der Waals surface area contributed by atoms with Crippen LogP contribution in [0.3, 0.4) is 0 Å². The van der Waals surface area contributed by atoms with Crippen molar-refractivity contribution in [2.45, 2.75) is 23.9 Å². The maximum Gasteiger partial charge on any atom is 0.233 e. The lowest BCUT2D eigenvalue weighted by atomic mass is 10.2. The molecule has 0 aliphatic rings. The number of halogens is 2. The van der Waals surface area contributed by atoms with E-state index in [4.69, 9.17) is 27.6 Å². The number of nitrogens with zero attached hydrogens (tertiary/aromatic N) is 4. The molecule has 3 aromatic heterocycles. The van der Waals surface area contributed by atoms with Gasteiger partial charge in [-0.05, 0) is 49.4 Å². The van der Waals surface area contributed by atoms with Crippen molar-refractivity contribution >= 4 is 40.9 Å². The molecular formula is C21H17Cl2N5O2S. The van der Waals surface area contributed by atoms with E-state index in [0.29, 0.717) is 33.3 Å². The molecule has 31 heavy (non-hydrogen) atoms. The van der Waals surface area contributed by atoms with E-state index in [1.165, 1.54) is 11.8 Å². The van der Waals surface area contributed by atoms with Crippen molar-refractivity contribution in [1.82, 2.24) is 25.1 Å². The van der Waals surface area contributed by atoms with Crippen molar-refractivity contribution in [3.63, 3.8) is 0 Å². The second-order valence-electron chi connectivity index (χ2n) is 6.53. The number of pyridine rings is 1. The van der Waals surface area contributed by atoms with Crippen LogP contribution in [-0.4, -0.2) is 30.9 Å². The van der Waals surface area contributed by atoms with Crippen LogP contribution in [0.1, 0.15) is 12.7 Å². The van der Waals surface area contributed by atoms with Crippen molar-refractivity contribution in [2.75, 3.05) is 0 Å². The second kappa shape index (κ2) is 9.55. The van der Waals surface area contributed by atoms with Gasteiger partial charge < -0.3 is 9.73 Å². The van der Waals surface area contributed by atoms with E-state index in [1.54, 1.807) is 42.9 Å². The van der Waals surface area contributed by atoms with E-state index < -0.39 is 5.25 Å². The first kappa shape index (κ1) is 21.4. The molecule has 10 heteroatoms. The number of carbonyl (C=O) groups is 1. The first-order chi connectivity index (χ1) is 15.0. The second-order valence-corrected chi connectivity index (χ2v) is 8.66. The van der Waals surface area contributed by atoms with E-state index >= 15 is 0 Å². The maximum atomic E-state index is 12.6. The fraction of sp³-hybridized carbons (Fsp3) is 0.143. The Labute approximate surface area is 192 Å². The van der Waals surface area contributed by atoms with E-state index in [2.05, 4.69) is 20.5 Å². The third-order valence-corrected chi connectivity index (χ3v) is 6.18. The van der Waals surface area contributed by atoms with Crippen molar-refractivity contribution in [3.05, 3.63) is 76.9 Å². The molecule has 4 rings (SSSR count). The number of hydrogen-bond acceptors (Lipinski definition) is 6. The fourth-order valence-corrected chi connectivity index (χ4v) is 4.02. The SMILES string of the molecule is C[C@@H](Sc1nnc(-c2ccncc2)n1-c1ccc(Cl)c(Cl)c1)C(=O)NCc1ccco1. The number of amides is 1. The monoisotopic (exact) mass is 473 g/mol. The summed E-state index contributed by atoms with van der Waals surface area (Å²) in [6, 6.07) is 12.5. The summed E-state index contributed by atoms with van der Waals surface area (Å²) in [5.74, 6) is 1.14. The lowest BCUT2D eigenvalue weighted by Crippen LogP contribution is -2.30. The highest BCUT2D eigenvalue weighted by Crippen LogP contribution is 2.32. The standard InChI is InChI=1S/C21H17Cl2N5O2S/c1-13(20(29)25-12-16-3-2-10-30-16)31-21-27-26-19(14-6-8-24-9-7-14)28(21)15-4-5-17(22)18(23)11-15/h2-11,13H,12H2,1H3,(H,25,29)/t13-/m1/s1. The summed E-state index contributed by atoms with van der Waals surface area (Å²) in [7, 11) is 0. The smallest absolute Gasteiger partial charge is 0.233 e. The third kappa shape index (κ3) is 4.92. The minimum absolute atomic E-state index is 0.143. The van der Waals surface area contributed by atoms with E-state index in [0.717, 1.165) is 11.3 Å². The highest BCUT2D eigenvalue weighted by molar-refractivity contribution is 8.00. The van der Waals surface area contributed by atoms with Crippen LogP contribution in [0.5, 0.6) is 0 Å². The van der Waals surface area contributed by atoms with Gasteiger partial charge in [0.25, 0.3) is 0 Å². The minimum atomic E-state index is -0.425. The van der Waals surface area contributed by atoms with E-state index in [9.17, 15) is 4.79 Å². The summed E-state index contributed by atoms with van der Waals surface area (Å²) in [4.78, 5) is 16.6. The van der Waals surface area contributed by atoms with Gasteiger partial charge in [0.15, 0.2) is 11.0 Å². The fourth-order valence-electron chi connectivity index (χ4n) is 2.83. The number of rotatable bonds is 7. The van der Waals surface area contributed by atoms with Gasteiger partial charge in [0.05, 0.1) is 33.8 Å². The molecule has 1 aromatic carbocycles. The molecule has 0 aliphatic heterocycles. The zero-order valence-corrected chi connectivity index (χ0v) is 18.7. The highest BCUT2D eigenvalue weighted by atomic mass is 35.5. The number of benzene rings is 1. The summed E-state index contributed by atoms with van der Waals surface area (Å²) >= 11 is 13.6. The Morgan fingerprint density at radius 3 is 2.68 bits per heavy atom. The maximum absolute atomic E-state index is 12.6. The van der Waals surface area contributed by atoms with Gasteiger partial charge in [-0.3, -0.25) is 14.3 Å². The van der Waals surface area contributed by atoms with Crippen LogP contribution in [0.25, 0.3) is 17.1 Å². The molecule has 1 amide bonds. The molecule has 0 fully saturated rings. The number of carbonyl (C=O) groups excluding carboxylic acids is 1. The largest absolute Gasteiger partial charge is 0.467 e. The summed E-state index contributed by atoms with van der Waals surface area (Å²) in [5, 5.41) is 12.5. The Morgan fingerprint density at radius 1 is 1.16 bits per heavy atom. The van der Waals surface area contributed by atoms with Gasteiger partial charge in [0.1, 0.15) is 5.76 Å². The highest BCUT2D eigenvalue weighted by Gasteiger charge is 2.22. The van der Waals surface area contributed by atoms with Crippen LogP contribution in [0.15, 0.2) is 70.7 Å². The van der Waals surface area contributed by atoms with Gasteiger partial charge in [-0.15, -0.1) is 10.2 Å². The molecule has 0 spiro atoms. The van der Waals surface area contributed by atoms with Gasteiger partial charge >= 0.3 is 0 Å². The van der Waals surface area contributed by atoms with Crippen molar-refractivity contribution < 1.29 is 9.21 Å². The van der Waals surface area contributed by atoms with Crippen LogP contribution in [-0.2, 0) is 11.3 Å². The number of furan rings is 1. The number of hydrogen-bond donors (Lipinski definition) is 1. The number of nitrogens with one attached hydrogen (secondary N) is 1. The molecule has 4 aromatic rings. The lowest BCUT2D eigenvalue weighted by Gasteiger charge is -2.14. The molecule has 7 nitrogen and oxygen atoms in total. The Balaban J connectivity index is 1.63. The average molecular weight is 474 g/mol. The topological polar surface area (TPSA) is 85.8 Å². The zero-order chi connectivity index (χ0) is 21.8. The molecule has 0 aliphatic carbocycles. The summed E-state index contributed by atoms with van der Waals surface area (Å²) in [5.41, 5.74) is 1.56. The van der Waals surface area contributed by atoms with Crippen molar-refractivity contribution in [3.8, 4) is 17.1 Å². The summed E-state index contributed by atoms with van der Waals surface area (Å²) in [6.45, 7) is 2.13. The molecule has 1 N–H and O–H groups in total. The molecule has 158 valence electrons. The van der Waals surface area contributed by atoms with Crippen LogP contribution < -0.4 is 5.32 Å². The number of aromatic nitrogens is 4. The van der Waals surface area contributed by atoms with Crippen LogP contribution in [0, 0.1) is 0 Å². The Morgan fingerprint density at radius 2 is 1.97 bits per heavy atom. The normalized spacial score (nSPS) is 12.0. The molecule has 0 saturated heterocycles. The first-order valence-corrected chi connectivity index (χ1v) is 10.9. The predicted octanol–water partition coefficient (Wildman–Crippen LogP) is 5.03. The Kier molecular flexibility index (Phi) is 6.60. The van der Waals surface area contributed by atoms with E-state index in [-0.39, 0.29) is 5.91 Å². The van der Waals surface area contributed by atoms with Crippen LogP contribution in [0.2, 0.25) is 10.0 Å². The van der Waals surface area contributed by atoms with E-state index in [1.807, 2.05) is 29.7 Å². The molecule has 0 radical (unpaired) electrons. The van der Waals surface area contributed by atoms with Crippen molar-refractivity contribution in [1.29, 1.82) is 0 Å². The average Bonchev–Trinajstić information content (AvgIpc) is 3.44. The molecule has 0 bridgehead atoms. The quantitative estimate of drug-likeness (QED) is 0.379. The Hall–Kier alpha value is -2.81. The number of thioether (sulfide) groups is 1. The molecular weight excluding hydrogens is 457 g/mol. The summed E-state index contributed by atoms with van der Waals surface area (Å²) in [6.07, 6.45) is 4.93. The molecule has 3 heterocycles. The minimum Gasteiger partial charge on any atom is -0.467 e. The third-order valence-electron chi connectivity index (χ3n) is 4.40.